The third-order valence-corrected chi connectivity index (χ3v) is 5.54. The highest BCUT2D eigenvalue weighted by Gasteiger charge is 2.14. The van der Waals surface area contributed by atoms with Gasteiger partial charge in [0, 0.05) is 23.9 Å². The number of aryl methyl sites for hydroxylation is 1. The van der Waals surface area contributed by atoms with Gasteiger partial charge in [0.05, 0.1) is 13.9 Å². The molecule has 0 aliphatic rings. The maximum Gasteiger partial charge on any atom is 0.269 e. The Morgan fingerprint density at radius 2 is 1.87 bits per heavy atom. The minimum atomic E-state index is -0.441. The van der Waals surface area contributed by atoms with Crippen molar-refractivity contribution in [2.45, 2.75) is 20.5 Å². The van der Waals surface area contributed by atoms with Gasteiger partial charge >= 0.3 is 0 Å². The highest BCUT2D eigenvalue weighted by Crippen LogP contribution is 2.35. The van der Waals surface area contributed by atoms with Crippen LogP contribution in [0.1, 0.15) is 28.0 Å². The molecule has 0 N–H and O–H groups in total. The van der Waals surface area contributed by atoms with E-state index in [1.807, 2.05) is 19.1 Å². The number of aliphatic imine (C=N–C) groups is 1. The van der Waals surface area contributed by atoms with Crippen molar-refractivity contribution in [1.82, 2.24) is 0 Å². The molecule has 0 unspecified atom stereocenters. The number of benzene rings is 2. The second-order valence-corrected chi connectivity index (χ2v) is 8.07. The second-order valence-electron chi connectivity index (χ2n) is 6.36. The van der Waals surface area contributed by atoms with Crippen molar-refractivity contribution in [2.24, 2.45) is 4.99 Å². The van der Waals surface area contributed by atoms with Crippen molar-refractivity contribution in [3.05, 3.63) is 83.5 Å². The molecule has 7 nitrogen and oxygen atoms in total. The quantitative estimate of drug-likeness (QED) is 0.204. The van der Waals surface area contributed by atoms with Crippen LogP contribution in [0.5, 0.6) is 5.75 Å². The molecule has 3 rings (SSSR count). The lowest BCUT2D eigenvalue weighted by molar-refractivity contribution is -0.384. The summed E-state index contributed by atoms with van der Waals surface area (Å²) in [6, 6.07) is 12.0. The van der Waals surface area contributed by atoms with Crippen LogP contribution in [0.2, 0.25) is 0 Å². The summed E-state index contributed by atoms with van der Waals surface area (Å²) in [6.07, 6.45) is 1.61. The summed E-state index contributed by atoms with van der Waals surface area (Å²) < 4.78 is 12.8. The first-order chi connectivity index (χ1) is 14.3. The molecule has 0 saturated carbocycles. The Hall–Kier alpha value is -2.96. The summed E-state index contributed by atoms with van der Waals surface area (Å²) >= 11 is 6.98. The fraction of sp³-hybridized carbons (Fsp3) is 0.143. The van der Waals surface area contributed by atoms with Crippen LogP contribution in [0, 0.1) is 35.3 Å². The van der Waals surface area contributed by atoms with Crippen LogP contribution in [-0.2, 0) is 6.61 Å². The van der Waals surface area contributed by atoms with Crippen LogP contribution in [0.25, 0.3) is 0 Å². The predicted octanol–water partition coefficient (Wildman–Crippen LogP) is 6.53. The van der Waals surface area contributed by atoms with Crippen molar-refractivity contribution >= 4 is 49.6 Å². The largest absolute Gasteiger partial charge is 0.487 e. The van der Waals surface area contributed by atoms with E-state index in [1.165, 1.54) is 12.1 Å². The number of halogens is 2. The number of furan rings is 1. The molecule has 1 heterocycles. The Morgan fingerprint density at radius 3 is 2.43 bits per heavy atom. The maximum absolute atomic E-state index is 10.7. The third kappa shape index (κ3) is 4.78. The highest BCUT2D eigenvalue weighted by atomic mass is 79.9. The van der Waals surface area contributed by atoms with E-state index in [9.17, 15) is 15.4 Å². The number of nitrogens with zero attached hydrogens (tertiary/aromatic N) is 3. The average molecular weight is 533 g/mol. The van der Waals surface area contributed by atoms with Gasteiger partial charge in [-0.1, -0.05) is 0 Å². The van der Waals surface area contributed by atoms with Crippen LogP contribution >= 0.6 is 31.9 Å². The van der Waals surface area contributed by atoms with Gasteiger partial charge in [-0.2, -0.15) is 5.26 Å². The van der Waals surface area contributed by atoms with E-state index in [-0.39, 0.29) is 18.2 Å². The van der Waals surface area contributed by atoms with Gasteiger partial charge in [0.2, 0.25) is 5.88 Å². The number of ether oxygens (including phenoxy) is 1. The smallest absolute Gasteiger partial charge is 0.269 e. The number of nitro benzene ring substituents is 1. The molecule has 152 valence electrons. The Kier molecular flexibility index (Phi) is 6.70. The third-order valence-electron chi connectivity index (χ3n) is 4.36. The maximum atomic E-state index is 10.7. The molecule has 0 amide bonds. The zero-order valence-corrected chi connectivity index (χ0v) is 19.2. The van der Waals surface area contributed by atoms with Gasteiger partial charge in [-0.25, -0.2) is 4.99 Å². The fourth-order valence-corrected chi connectivity index (χ4v) is 4.08. The van der Waals surface area contributed by atoms with Crippen molar-refractivity contribution in [2.75, 3.05) is 0 Å². The van der Waals surface area contributed by atoms with E-state index >= 15 is 0 Å². The normalized spacial score (nSPS) is 10.9. The molecule has 0 radical (unpaired) electrons. The first-order valence-electron chi connectivity index (χ1n) is 8.69. The van der Waals surface area contributed by atoms with E-state index in [1.54, 1.807) is 25.3 Å². The Bertz CT molecular complexity index is 1160. The van der Waals surface area contributed by atoms with E-state index in [0.717, 1.165) is 16.7 Å². The molecule has 0 aliphatic carbocycles. The van der Waals surface area contributed by atoms with Crippen LogP contribution in [-0.4, -0.2) is 11.1 Å². The van der Waals surface area contributed by atoms with Crippen molar-refractivity contribution in [3.8, 4) is 11.8 Å². The van der Waals surface area contributed by atoms with Gasteiger partial charge in [0.1, 0.15) is 29.7 Å². The summed E-state index contributed by atoms with van der Waals surface area (Å²) in [5, 5.41) is 20.0. The molecule has 1 aromatic heterocycles. The lowest BCUT2D eigenvalue weighted by Crippen LogP contribution is -1.98. The molecule has 0 spiro atoms. The topological polar surface area (TPSA) is 102 Å². The van der Waals surface area contributed by atoms with Crippen molar-refractivity contribution in [3.63, 3.8) is 0 Å². The van der Waals surface area contributed by atoms with Gasteiger partial charge in [-0.15, -0.1) is 0 Å². The lowest BCUT2D eigenvalue weighted by atomic mass is 10.2. The number of hydrogen-bond donors (Lipinski definition) is 0. The predicted molar refractivity (Wildman–Crippen MR) is 119 cm³/mol. The minimum absolute atomic E-state index is 0.0336. The van der Waals surface area contributed by atoms with Crippen molar-refractivity contribution in [1.29, 1.82) is 5.26 Å². The first-order valence-corrected chi connectivity index (χ1v) is 10.3. The summed E-state index contributed by atoms with van der Waals surface area (Å²) in [6.45, 7) is 3.86. The highest BCUT2D eigenvalue weighted by molar-refractivity contribution is 9.11. The standard InChI is InChI=1S/C21H15Br2N3O4/c1-12-13(2)30-21(17(12)9-24)25-10-15-7-18(22)20(19(23)8-15)29-11-14-3-5-16(6-4-14)26(27)28/h3-8,10H,11H2,1-2H3. The van der Waals surface area contributed by atoms with Crippen LogP contribution in [0.3, 0.4) is 0 Å². The van der Waals surface area contributed by atoms with E-state index in [2.05, 4.69) is 42.9 Å². The molecule has 0 aliphatic heterocycles. The molecule has 2 aromatic carbocycles. The van der Waals surface area contributed by atoms with Crippen LogP contribution < -0.4 is 4.74 Å². The fourth-order valence-electron chi connectivity index (χ4n) is 2.63. The molecule has 0 fully saturated rings. The Labute approximate surface area is 189 Å². The van der Waals surface area contributed by atoms with E-state index in [4.69, 9.17) is 9.15 Å². The summed E-state index contributed by atoms with van der Waals surface area (Å²) in [5.41, 5.74) is 2.81. The summed E-state index contributed by atoms with van der Waals surface area (Å²) in [4.78, 5) is 14.6. The van der Waals surface area contributed by atoms with Gasteiger partial charge in [0.25, 0.3) is 5.69 Å². The molecular formula is C21H15Br2N3O4. The summed E-state index contributed by atoms with van der Waals surface area (Å²) in [7, 11) is 0. The average Bonchev–Trinajstić information content (AvgIpc) is 2.99. The van der Waals surface area contributed by atoms with E-state index < -0.39 is 4.92 Å². The van der Waals surface area contributed by atoms with Crippen LogP contribution in [0.15, 0.2) is 54.8 Å². The van der Waals surface area contributed by atoms with Crippen molar-refractivity contribution < 1.29 is 14.1 Å². The van der Waals surface area contributed by atoms with E-state index in [0.29, 0.717) is 26.0 Å². The number of hydrogen-bond acceptors (Lipinski definition) is 6. The first kappa shape index (κ1) is 21.7. The van der Waals surface area contributed by atoms with Gasteiger partial charge < -0.3 is 9.15 Å². The van der Waals surface area contributed by atoms with Gasteiger partial charge in [0.15, 0.2) is 0 Å². The minimum Gasteiger partial charge on any atom is -0.487 e. The zero-order chi connectivity index (χ0) is 21.8. The Balaban J connectivity index is 1.76. The number of nitriles is 1. The zero-order valence-electron chi connectivity index (χ0n) is 16.0. The number of nitro groups is 1. The van der Waals surface area contributed by atoms with Gasteiger partial charge in [-0.3, -0.25) is 10.1 Å². The molecule has 3 aromatic rings. The molecule has 9 heteroatoms. The number of non-ortho nitro benzene ring substituents is 1. The molecule has 0 bridgehead atoms. The second kappa shape index (κ2) is 9.24. The van der Waals surface area contributed by atoms with Gasteiger partial charge in [-0.05, 0) is 81.1 Å². The Morgan fingerprint density at radius 1 is 1.23 bits per heavy atom. The monoisotopic (exact) mass is 531 g/mol. The molecule has 0 saturated heterocycles. The molecule has 0 atom stereocenters. The SMILES string of the molecule is Cc1oc(N=Cc2cc(Br)c(OCc3ccc([N+](=O)[O-])cc3)c(Br)c2)c(C#N)c1C. The molecular weight excluding hydrogens is 518 g/mol. The lowest BCUT2D eigenvalue weighted by Gasteiger charge is -2.11. The summed E-state index contributed by atoms with van der Waals surface area (Å²) in [5.74, 6) is 1.53. The van der Waals surface area contributed by atoms with Crippen LogP contribution in [0.4, 0.5) is 11.6 Å². The number of rotatable bonds is 6. The molecule has 30 heavy (non-hydrogen) atoms.